The fourth-order valence-electron chi connectivity index (χ4n) is 1.51. The molecule has 15 heavy (non-hydrogen) atoms. The van der Waals surface area contributed by atoms with Crippen LogP contribution in [0.15, 0.2) is 29.5 Å². The van der Waals surface area contributed by atoms with Crippen LogP contribution in [0, 0.1) is 0 Å². The fraction of sp³-hybridized carbons (Fsp3) is 0.400. The van der Waals surface area contributed by atoms with Crippen molar-refractivity contribution < 1.29 is 0 Å². The number of hydrogen-bond donors (Lipinski definition) is 0. The molecular formula is C10H12BrN3O. The van der Waals surface area contributed by atoms with Gasteiger partial charge in [-0.3, -0.25) is 4.79 Å². The number of nitrogens with zero attached hydrogens (tertiary/aromatic N) is 3. The van der Waals surface area contributed by atoms with Crippen molar-refractivity contribution in [3.63, 3.8) is 0 Å². The zero-order valence-corrected chi connectivity index (χ0v) is 9.85. The van der Waals surface area contributed by atoms with Gasteiger partial charge in [-0.1, -0.05) is 15.9 Å². The van der Waals surface area contributed by atoms with Gasteiger partial charge in [0.05, 0.1) is 6.20 Å². The Bertz CT molecular complexity index is 503. The SMILES string of the molecule is O=c1c2ccnn2ccn1CCCCBr. The van der Waals surface area contributed by atoms with Crippen molar-refractivity contribution in [2.24, 2.45) is 0 Å². The molecule has 2 rings (SSSR count). The zero-order valence-electron chi connectivity index (χ0n) is 8.27. The van der Waals surface area contributed by atoms with Gasteiger partial charge in [0.2, 0.25) is 0 Å². The smallest absolute Gasteiger partial charge is 0.276 e. The molecule has 0 aliphatic heterocycles. The van der Waals surface area contributed by atoms with Crippen LogP contribution < -0.4 is 5.56 Å². The predicted octanol–water partition coefficient (Wildman–Crippen LogP) is 1.67. The Hall–Kier alpha value is -1.10. The fourth-order valence-corrected chi connectivity index (χ4v) is 1.91. The molecule has 0 aliphatic rings. The molecule has 0 aliphatic carbocycles. The van der Waals surface area contributed by atoms with E-state index in [0.717, 1.165) is 24.7 Å². The van der Waals surface area contributed by atoms with Crippen LogP contribution in [0.3, 0.4) is 0 Å². The van der Waals surface area contributed by atoms with Crippen molar-refractivity contribution in [1.82, 2.24) is 14.2 Å². The number of halogens is 1. The average molecular weight is 270 g/mol. The van der Waals surface area contributed by atoms with Crippen LogP contribution in [-0.4, -0.2) is 19.5 Å². The lowest BCUT2D eigenvalue weighted by Crippen LogP contribution is -2.21. The van der Waals surface area contributed by atoms with E-state index in [1.807, 2.05) is 6.20 Å². The zero-order chi connectivity index (χ0) is 10.7. The lowest BCUT2D eigenvalue weighted by Gasteiger charge is -2.04. The van der Waals surface area contributed by atoms with Gasteiger partial charge >= 0.3 is 0 Å². The molecule has 0 fully saturated rings. The Morgan fingerprint density at radius 1 is 1.33 bits per heavy atom. The molecule has 0 saturated carbocycles. The maximum Gasteiger partial charge on any atom is 0.276 e. The summed E-state index contributed by atoms with van der Waals surface area (Å²) < 4.78 is 3.34. The Morgan fingerprint density at radius 3 is 3.00 bits per heavy atom. The molecule has 0 atom stereocenters. The Labute approximate surface area is 95.7 Å². The summed E-state index contributed by atoms with van der Waals surface area (Å²) in [7, 11) is 0. The molecule has 0 radical (unpaired) electrons. The van der Waals surface area contributed by atoms with Crippen molar-refractivity contribution >= 4 is 21.4 Å². The number of aromatic nitrogens is 3. The molecule has 4 nitrogen and oxygen atoms in total. The Morgan fingerprint density at radius 2 is 2.20 bits per heavy atom. The molecule has 0 unspecified atom stereocenters. The molecule has 0 N–H and O–H groups in total. The molecule has 2 aromatic heterocycles. The van der Waals surface area contributed by atoms with Gasteiger partial charge in [-0.2, -0.15) is 5.10 Å². The first-order valence-corrected chi connectivity index (χ1v) is 6.04. The standard InChI is InChI=1S/C10H12BrN3O/c11-4-1-2-6-13-7-8-14-9(10(13)15)3-5-12-14/h3,5,7-8H,1-2,4,6H2. The number of alkyl halides is 1. The minimum Gasteiger partial charge on any atom is -0.312 e. The number of hydrogen-bond acceptors (Lipinski definition) is 2. The van der Waals surface area contributed by atoms with E-state index in [1.54, 1.807) is 27.5 Å². The highest BCUT2D eigenvalue weighted by Crippen LogP contribution is 1.98. The van der Waals surface area contributed by atoms with Crippen LogP contribution in [0.4, 0.5) is 0 Å². The highest BCUT2D eigenvalue weighted by atomic mass is 79.9. The molecule has 2 aromatic rings. The normalized spacial score (nSPS) is 11.0. The maximum atomic E-state index is 11.9. The lowest BCUT2D eigenvalue weighted by atomic mass is 10.3. The van der Waals surface area contributed by atoms with Crippen LogP contribution in [0.5, 0.6) is 0 Å². The second-order valence-corrected chi connectivity index (χ2v) is 4.15. The summed E-state index contributed by atoms with van der Waals surface area (Å²) >= 11 is 3.37. The van der Waals surface area contributed by atoms with Crippen LogP contribution in [0.25, 0.3) is 5.52 Å². The van der Waals surface area contributed by atoms with Gasteiger partial charge in [-0.15, -0.1) is 0 Å². The monoisotopic (exact) mass is 269 g/mol. The Balaban J connectivity index is 2.28. The predicted molar refractivity (Wildman–Crippen MR) is 62.5 cm³/mol. The van der Waals surface area contributed by atoms with Gasteiger partial charge in [-0.05, 0) is 18.9 Å². The summed E-state index contributed by atoms with van der Waals surface area (Å²) in [5.41, 5.74) is 0.668. The topological polar surface area (TPSA) is 39.3 Å². The third kappa shape index (κ3) is 2.12. The molecule has 0 amide bonds. The van der Waals surface area contributed by atoms with E-state index in [1.165, 1.54) is 0 Å². The third-order valence-electron chi connectivity index (χ3n) is 2.32. The first-order chi connectivity index (χ1) is 7.33. The van der Waals surface area contributed by atoms with Crippen molar-refractivity contribution in [3.05, 3.63) is 35.0 Å². The van der Waals surface area contributed by atoms with Gasteiger partial charge < -0.3 is 4.57 Å². The molecule has 5 heteroatoms. The summed E-state index contributed by atoms with van der Waals surface area (Å²) in [6.45, 7) is 0.770. The maximum absolute atomic E-state index is 11.9. The molecule has 0 spiro atoms. The summed E-state index contributed by atoms with van der Waals surface area (Å²) in [5.74, 6) is 0. The summed E-state index contributed by atoms with van der Waals surface area (Å²) in [6.07, 6.45) is 7.33. The first-order valence-electron chi connectivity index (χ1n) is 4.91. The van der Waals surface area contributed by atoms with Gasteiger partial charge in [-0.25, -0.2) is 4.52 Å². The number of unbranched alkanes of at least 4 members (excludes halogenated alkanes) is 1. The third-order valence-corrected chi connectivity index (χ3v) is 2.88. The molecular weight excluding hydrogens is 258 g/mol. The number of rotatable bonds is 4. The van der Waals surface area contributed by atoms with E-state index in [4.69, 9.17) is 0 Å². The largest absolute Gasteiger partial charge is 0.312 e. The lowest BCUT2D eigenvalue weighted by molar-refractivity contribution is 0.613. The molecule has 0 saturated heterocycles. The van der Waals surface area contributed by atoms with Crippen molar-refractivity contribution in [2.45, 2.75) is 19.4 Å². The van der Waals surface area contributed by atoms with Crippen LogP contribution in [0.2, 0.25) is 0 Å². The molecule has 0 aromatic carbocycles. The molecule has 2 heterocycles. The van der Waals surface area contributed by atoms with E-state index in [-0.39, 0.29) is 5.56 Å². The van der Waals surface area contributed by atoms with Crippen LogP contribution >= 0.6 is 15.9 Å². The van der Waals surface area contributed by atoms with Crippen molar-refractivity contribution in [1.29, 1.82) is 0 Å². The quantitative estimate of drug-likeness (QED) is 0.626. The van der Waals surface area contributed by atoms with Crippen LogP contribution in [-0.2, 0) is 6.54 Å². The first kappa shape index (κ1) is 10.4. The summed E-state index contributed by atoms with van der Waals surface area (Å²) in [4.78, 5) is 11.9. The van der Waals surface area contributed by atoms with E-state index in [9.17, 15) is 4.79 Å². The average Bonchev–Trinajstić information content (AvgIpc) is 2.70. The summed E-state index contributed by atoms with van der Waals surface area (Å²) in [6, 6.07) is 1.74. The highest BCUT2D eigenvalue weighted by molar-refractivity contribution is 9.09. The molecule has 80 valence electrons. The highest BCUT2D eigenvalue weighted by Gasteiger charge is 2.01. The number of aryl methyl sites for hydroxylation is 1. The summed E-state index contributed by atoms with van der Waals surface area (Å²) in [5, 5.41) is 5.00. The van der Waals surface area contributed by atoms with E-state index >= 15 is 0 Å². The minimum absolute atomic E-state index is 0.0320. The van der Waals surface area contributed by atoms with E-state index in [2.05, 4.69) is 21.0 Å². The second-order valence-electron chi connectivity index (χ2n) is 3.35. The van der Waals surface area contributed by atoms with E-state index in [0.29, 0.717) is 5.52 Å². The minimum atomic E-state index is 0.0320. The van der Waals surface area contributed by atoms with Crippen LogP contribution in [0.1, 0.15) is 12.8 Å². The van der Waals surface area contributed by atoms with E-state index < -0.39 is 0 Å². The van der Waals surface area contributed by atoms with Crippen molar-refractivity contribution in [3.8, 4) is 0 Å². The van der Waals surface area contributed by atoms with Gasteiger partial charge in [0, 0.05) is 24.3 Å². The van der Waals surface area contributed by atoms with Gasteiger partial charge in [0.25, 0.3) is 5.56 Å². The Kier molecular flexibility index (Phi) is 3.20. The molecule has 0 bridgehead atoms. The second kappa shape index (κ2) is 4.61. The van der Waals surface area contributed by atoms with Gasteiger partial charge in [0.1, 0.15) is 5.52 Å². The number of fused-ring (bicyclic) bond motifs is 1. The van der Waals surface area contributed by atoms with Gasteiger partial charge in [0.15, 0.2) is 0 Å². The van der Waals surface area contributed by atoms with Crippen molar-refractivity contribution in [2.75, 3.05) is 5.33 Å².